The second-order valence-electron chi connectivity index (χ2n) is 4.59. The van der Waals surface area contributed by atoms with E-state index in [-0.39, 0.29) is 0 Å². The fourth-order valence-corrected chi connectivity index (χ4v) is 2.10. The Labute approximate surface area is 122 Å². The number of aryl methyl sites for hydroxylation is 1. The van der Waals surface area contributed by atoms with Gasteiger partial charge in [0.05, 0.1) is 0 Å². The van der Waals surface area contributed by atoms with E-state index < -0.39 is 11.6 Å². The molecule has 20 heavy (non-hydrogen) atoms. The van der Waals surface area contributed by atoms with Crippen molar-refractivity contribution in [1.82, 2.24) is 0 Å². The molecule has 2 aromatic carbocycles. The van der Waals surface area contributed by atoms with Crippen LogP contribution in [0.2, 0.25) is 0 Å². The quantitative estimate of drug-likeness (QED) is 0.759. The molecule has 0 heterocycles. The van der Waals surface area contributed by atoms with Crippen LogP contribution in [0.1, 0.15) is 17.5 Å². The molecule has 1 nitrogen and oxygen atoms in total. The minimum absolute atomic E-state index is 0.455. The summed E-state index contributed by atoms with van der Waals surface area (Å²) in [6.45, 7) is 0.455. The normalized spacial score (nSPS) is 10.6. The molecule has 0 aliphatic rings. The van der Waals surface area contributed by atoms with Gasteiger partial charge in [-0.3, -0.25) is 0 Å². The van der Waals surface area contributed by atoms with Gasteiger partial charge in [0.25, 0.3) is 0 Å². The summed E-state index contributed by atoms with van der Waals surface area (Å²) in [6, 6.07) is 11.9. The van der Waals surface area contributed by atoms with Crippen LogP contribution in [0.25, 0.3) is 0 Å². The van der Waals surface area contributed by atoms with Crippen LogP contribution in [0.5, 0.6) is 0 Å². The lowest BCUT2D eigenvalue weighted by Gasteiger charge is -2.09. The average Bonchev–Trinajstić information content (AvgIpc) is 2.47. The summed E-state index contributed by atoms with van der Waals surface area (Å²) in [5.74, 6) is -0.996. The van der Waals surface area contributed by atoms with Gasteiger partial charge in [0.2, 0.25) is 0 Å². The lowest BCUT2D eigenvalue weighted by atomic mass is 10.1. The van der Waals surface area contributed by atoms with Crippen molar-refractivity contribution in [2.24, 2.45) is 0 Å². The van der Waals surface area contributed by atoms with Gasteiger partial charge in [-0.15, -0.1) is 11.6 Å². The zero-order valence-electron chi connectivity index (χ0n) is 11.0. The Balaban J connectivity index is 1.97. The van der Waals surface area contributed by atoms with Gasteiger partial charge in [0.15, 0.2) is 11.6 Å². The number of hydrogen-bond donors (Lipinski definition) is 1. The molecular weight excluding hydrogens is 280 g/mol. The highest BCUT2D eigenvalue weighted by Gasteiger charge is 2.02. The smallest absolute Gasteiger partial charge is 0.159 e. The molecule has 0 radical (unpaired) electrons. The van der Waals surface area contributed by atoms with E-state index in [1.165, 1.54) is 11.6 Å². The van der Waals surface area contributed by atoms with Crippen molar-refractivity contribution >= 4 is 17.3 Å². The molecule has 4 heteroatoms. The fourth-order valence-electron chi connectivity index (χ4n) is 1.96. The molecule has 0 bridgehead atoms. The lowest BCUT2D eigenvalue weighted by molar-refractivity contribution is 0.507. The minimum Gasteiger partial charge on any atom is -0.381 e. The molecule has 0 fully saturated rings. The van der Waals surface area contributed by atoms with Gasteiger partial charge in [0, 0.05) is 18.1 Å². The zero-order chi connectivity index (χ0) is 14.4. The van der Waals surface area contributed by atoms with Gasteiger partial charge in [-0.2, -0.15) is 0 Å². The molecular formula is C16H16ClF2N. The molecule has 0 aliphatic heterocycles. The Kier molecular flexibility index (Phi) is 5.36. The largest absolute Gasteiger partial charge is 0.381 e. The number of alkyl halides is 1. The third kappa shape index (κ3) is 4.20. The van der Waals surface area contributed by atoms with Crippen LogP contribution in [-0.4, -0.2) is 5.88 Å². The molecule has 0 amide bonds. The lowest BCUT2D eigenvalue weighted by Crippen LogP contribution is -2.01. The van der Waals surface area contributed by atoms with Gasteiger partial charge in [-0.1, -0.05) is 18.2 Å². The summed E-state index contributed by atoms with van der Waals surface area (Å²) in [5, 5.41) is 3.20. The standard InChI is InChI=1S/C16H16ClF2N/c17-8-2-4-12-3-1-5-14(9-12)20-11-13-6-7-15(18)16(19)10-13/h1,3,5-7,9-10,20H,2,4,8,11H2. The first kappa shape index (κ1) is 14.8. The van der Waals surface area contributed by atoms with Gasteiger partial charge in [0.1, 0.15) is 0 Å². The van der Waals surface area contributed by atoms with Crippen molar-refractivity contribution in [1.29, 1.82) is 0 Å². The molecule has 0 saturated heterocycles. The van der Waals surface area contributed by atoms with Crippen LogP contribution in [-0.2, 0) is 13.0 Å². The first-order valence-corrected chi connectivity index (χ1v) is 7.05. The van der Waals surface area contributed by atoms with E-state index in [0.29, 0.717) is 18.0 Å². The monoisotopic (exact) mass is 295 g/mol. The zero-order valence-corrected chi connectivity index (χ0v) is 11.8. The third-order valence-corrected chi connectivity index (χ3v) is 3.27. The van der Waals surface area contributed by atoms with Crippen LogP contribution in [0.3, 0.4) is 0 Å². The van der Waals surface area contributed by atoms with E-state index in [0.717, 1.165) is 24.6 Å². The summed E-state index contributed by atoms with van der Waals surface area (Å²) in [7, 11) is 0. The van der Waals surface area contributed by atoms with Crippen molar-refractivity contribution in [3.05, 3.63) is 65.2 Å². The highest BCUT2D eigenvalue weighted by atomic mass is 35.5. The maximum absolute atomic E-state index is 13.1. The number of nitrogens with one attached hydrogen (secondary N) is 1. The second kappa shape index (κ2) is 7.25. The molecule has 0 atom stereocenters. The highest BCUT2D eigenvalue weighted by Crippen LogP contribution is 2.15. The number of anilines is 1. The van der Waals surface area contributed by atoms with Crippen LogP contribution in [0.15, 0.2) is 42.5 Å². The molecule has 1 N–H and O–H groups in total. The van der Waals surface area contributed by atoms with Crippen LogP contribution in [0.4, 0.5) is 14.5 Å². The van der Waals surface area contributed by atoms with Crippen molar-refractivity contribution < 1.29 is 8.78 Å². The van der Waals surface area contributed by atoms with Crippen molar-refractivity contribution in [2.75, 3.05) is 11.2 Å². The molecule has 0 spiro atoms. The maximum atomic E-state index is 13.1. The van der Waals surface area contributed by atoms with E-state index in [1.807, 2.05) is 18.2 Å². The Hall–Kier alpha value is -1.61. The predicted octanol–water partition coefficient (Wildman–Crippen LogP) is 4.75. The topological polar surface area (TPSA) is 12.0 Å². The highest BCUT2D eigenvalue weighted by molar-refractivity contribution is 6.17. The second-order valence-corrected chi connectivity index (χ2v) is 4.97. The fraction of sp³-hybridized carbons (Fsp3) is 0.250. The van der Waals surface area contributed by atoms with Crippen LogP contribution in [0, 0.1) is 11.6 Å². The van der Waals surface area contributed by atoms with Crippen LogP contribution < -0.4 is 5.32 Å². The first-order chi connectivity index (χ1) is 9.69. The predicted molar refractivity (Wildman–Crippen MR) is 79.2 cm³/mol. The number of benzene rings is 2. The van der Waals surface area contributed by atoms with E-state index in [1.54, 1.807) is 6.07 Å². The van der Waals surface area contributed by atoms with Gasteiger partial charge in [-0.05, 0) is 48.2 Å². The van der Waals surface area contributed by atoms with Crippen molar-refractivity contribution in [2.45, 2.75) is 19.4 Å². The Morgan fingerprint density at radius 3 is 2.55 bits per heavy atom. The van der Waals surface area contributed by atoms with E-state index in [2.05, 4.69) is 11.4 Å². The Morgan fingerprint density at radius 1 is 0.950 bits per heavy atom. The molecule has 0 saturated carbocycles. The van der Waals surface area contributed by atoms with Crippen molar-refractivity contribution in [3.63, 3.8) is 0 Å². The summed E-state index contributed by atoms with van der Waals surface area (Å²) in [6.07, 6.45) is 1.87. The summed E-state index contributed by atoms with van der Waals surface area (Å²) >= 11 is 5.68. The van der Waals surface area contributed by atoms with Gasteiger partial charge in [-0.25, -0.2) is 8.78 Å². The maximum Gasteiger partial charge on any atom is 0.159 e. The first-order valence-electron chi connectivity index (χ1n) is 6.52. The number of hydrogen-bond acceptors (Lipinski definition) is 1. The van der Waals surface area contributed by atoms with Crippen molar-refractivity contribution in [3.8, 4) is 0 Å². The number of halogens is 3. The molecule has 0 aliphatic carbocycles. The van der Waals surface area contributed by atoms with E-state index in [4.69, 9.17) is 11.6 Å². The third-order valence-electron chi connectivity index (χ3n) is 3.01. The van der Waals surface area contributed by atoms with E-state index in [9.17, 15) is 8.78 Å². The summed E-state index contributed by atoms with van der Waals surface area (Å²) < 4.78 is 25.9. The molecule has 2 rings (SSSR count). The summed E-state index contributed by atoms with van der Waals surface area (Å²) in [4.78, 5) is 0. The minimum atomic E-state index is -0.822. The van der Waals surface area contributed by atoms with E-state index >= 15 is 0 Å². The Bertz CT molecular complexity index is 572. The average molecular weight is 296 g/mol. The molecule has 0 unspecified atom stereocenters. The SMILES string of the molecule is Fc1ccc(CNc2cccc(CCCCl)c2)cc1F. The summed E-state index contributed by atoms with van der Waals surface area (Å²) in [5.41, 5.74) is 2.87. The number of rotatable bonds is 6. The van der Waals surface area contributed by atoms with Gasteiger partial charge < -0.3 is 5.32 Å². The van der Waals surface area contributed by atoms with Gasteiger partial charge >= 0.3 is 0 Å². The molecule has 2 aromatic rings. The molecule has 0 aromatic heterocycles. The Morgan fingerprint density at radius 2 is 1.80 bits per heavy atom. The molecule has 106 valence electrons. The van der Waals surface area contributed by atoms with Crippen LogP contribution >= 0.6 is 11.6 Å².